The molecule has 0 aliphatic heterocycles. The standard InChI is InChI=1S/C10H13NO4/c12-7-3-1-6(2-4-7)9-11-8(5-15-9)10(13)14/h5-7,12H,1-4H2,(H,13,14)/t6-,7+. The topological polar surface area (TPSA) is 83.6 Å². The Morgan fingerprint density at radius 1 is 1.40 bits per heavy atom. The lowest BCUT2D eigenvalue weighted by molar-refractivity contribution is 0.0690. The highest BCUT2D eigenvalue weighted by atomic mass is 16.4. The van der Waals surface area contributed by atoms with Crippen molar-refractivity contribution in [3.05, 3.63) is 17.8 Å². The number of aliphatic hydroxyl groups excluding tert-OH is 1. The molecule has 0 radical (unpaired) electrons. The van der Waals surface area contributed by atoms with Crippen LogP contribution in [0.2, 0.25) is 0 Å². The van der Waals surface area contributed by atoms with E-state index >= 15 is 0 Å². The van der Waals surface area contributed by atoms with Crippen molar-refractivity contribution in [2.45, 2.75) is 37.7 Å². The number of aliphatic hydroxyl groups is 1. The summed E-state index contributed by atoms with van der Waals surface area (Å²) < 4.78 is 5.13. The first-order valence-electron chi connectivity index (χ1n) is 5.03. The minimum Gasteiger partial charge on any atom is -0.476 e. The van der Waals surface area contributed by atoms with Gasteiger partial charge in [0.25, 0.3) is 0 Å². The van der Waals surface area contributed by atoms with Crippen molar-refractivity contribution in [1.82, 2.24) is 4.98 Å². The van der Waals surface area contributed by atoms with E-state index in [4.69, 9.17) is 9.52 Å². The van der Waals surface area contributed by atoms with Crippen molar-refractivity contribution in [3.8, 4) is 0 Å². The van der Waals surface area contributed by atoms with Gasteiger partial charge in [0.2, 0.25) is 0 Å². The van der Waals surface area contributed by atoms with Crippen LogP contribution in [0.4, 0.5) is 0 Å². The summed E-state index contributed by atoms with van der Waals surface area (Å²) in [5, 5.41) is 18.0. The minimum atomic E-state index is -1.07. The highest BCUT2D eigenvalue weighted by molar-refractivity contribution is 5.84. The monoisotopic (exact) mass is 211 g/mol. The summed E-state index contributed by atoms with van der Waals surface area (Å²) in [5.74, 6) is -0.429. The molecule has 5 nitrogen and oxygen atoms in total. The third kappa shape index (κ3) is 2.18. The van der Waals surface area contributed by atoms with E-state index < -0.39 is 5.97 Å². The molecule has 1 aromatic rings. The first-order valence-corrected chi connectivity index (χ1v) is 5.03. The van der Waals surface area contributed by atoms with Crippen molar-refractivity contribution in [3.63, 3.8) is 0 Å². The molecule has 82 valence electrons. The zero-order valence-electron chi connectivity index (χ0n) is 8.22. The second-order valence-electron chi connectivity index (χ2n) is 3.88. The van der Waals surface area contributed by atoms with Gasteiger partial charge in [-0.2, -0.15) is 0 Å². The molecule has 5 heteroatoms. The summed E-state index contributed by atoms with van der Waals surface area (Å²) in [5.41, 5.74) is -0.0453. The van der Waals surface area contributed by atoms with Gasteiger partial charge in [-0.25, -0.2) is 9.78 Å². The van der Waals surface area contributed by atoms with E-state index in [2.05, 4.69) is 4.98 Å². The van der Waals surface area contributed by atoms with Crippen LogP contribution in [0.3, 0.4) is 0 Å². The maximum Gasteiger partial charge on any atom is 0.357 e. The second kappa shape index (κ2) is 4.02. The summed E-state index contributed by atoms with van der Waals surface area (Å²) in [6.07, 6.45) is 4.02. The van der Waals surface area contributed by atoms with Gasteiger partial charge in [0, 0.05) is 5.92 Å². The molecule has 0 amide bonds. The van der Waals surface area contributed by atoms with Crippen molar-refractivity contribution >= 4 is 5.97 Å². The quantitative estimate of drug-likeness (QED) is 0.772. The molecule has 0 atom stereocenters. The molecule has 1 aliphatic carbocycles. The molecule has 0 bridgehead atoms. The Morgan fingerprint density at radius 3 is 2.60 bits per heavy atom. The molecule has 0 aromatic carbocycles. The lowest BCUT2D eigenvalue weighted by Gasteiger charge is -2.22. The molecule has 0 saturated heterocycles. The van der Waals surface area contributed by atoms with Gasteiger partial charge in [0.15, 0.2) is 11.6 Å². The van der Waals surface area contributed by atoms with Gasteiger partial charge < -0.3 is 14.6 Å². The number of oxazole rings is 1. The van der Waals surface area contributed by atoms with Gasteiger partial charge >= 0.3 is 5.97 Å². The fraction of sp³-hybridized carbons (Fsp3) is 0.600. The molecule has 1 heterocycles. The number of aromatic nitrogens is 1. The molecular weight excluding hydrogens is 198 g/mol. The van der Waals surface area contributed by atoms with Gasteiger partial charge in [-0.1, -0.05) is 0 Å². The number of carboxylic acids is 1. The summed E-state index contributed by atoms with van der Waals surface area (Å²) in [7, 11) is 0. The maximum atomic E-state index is 10.6. The molecule has 1 fully saturated rings. The molecule has 0 unspecified atom stereocenters. The predicted octanol–water partition coefficient (Wildman–Crippen LogP) is 1.39. The van der Waals surface area contributed by atoms with Crippen LogP contribution in [0, 0.1) is 0 Å². The van der Waals surface area contributed by atoms with E-state index in [1.54, 1.807) is 0 Å². The van der Waals surface area contributed by atoms with Gasteiger partial charge in [-0.05, 0) is 25.7 Å². The molecular formula is C10H13NO4. The average Bonchev–Trinajstić information content (AvgIpc) is 2.68. The molecule has 0 spiro atoms. The second-order valence-corrected chi connectivity index (χ2v) is 3.88. The predicted molar refractivity (Wildman–Crippen MR) is 50.7 cm³/mol. The van der Waals surface area contributed by atoms with Crippen molar-refractivity contribution in [1.29, 1.82) is 0 Å². The summed E-state index contributed by atoms with van der Waals surface area (Å²) in [6, 6.07) is 0. The number of nitrogens with zero attached hydrogens (tertiary/aromatic N) is 1. The van der Waals surface area contributed by atoms with Crippen molar-refractivity contribution < 1.29 is 19.4 Å². The molecule has 15 heavy (non-hydrogen) atoms. The van der Waals surface area contributed by atoms with E-state index in [1.807, 2.05) is 0 Å². The fourth-order valence-electron chi connectivity index (χ4n) is 1.90. The van der Waals surface area contributed by atoms with Gasteiger partial charge in [-0.15, -0.1) is 0 Å². The SMILES string of the molecule is O=C(O)c1coc([C@H]2CC[C@@H](O)CC2)n1. The summed E-state index contributed by atoms with van der Waals surface area (Å²) in [4.78, 5) is 14.5. The van der Waals surface area contributed by atoms with Gasteiger partial charge in [-0.3, -0.25) is 0 Å². The van der Waals surface area contributed by atoms with Crippen LogP contribution in [0.25, 0.3) is 0 Å². The highest BCUT2D eigenvalue weighted by Crippen LogP contribution is 2.32. The fourth-order valence-corrected chi connectivity index (χ4v) is 1.90. The molecule has 1 saturated carbocycles. The van der Waals surface area contributed by atoms with E-state index in [1.165, 1.54) is 6.26 Å². The number of carbonyl (C=O) groups is 1. The largest absolute Gasteiger partial charge is 0.476 e. The number of carboxylic acid groups (broad SMARTS) is 1. The lowest BCUT2D eigenvalue weighted by atomic mass is 9.87. The number of rotatable bonds is 2. The molecule has 2 N–H and O–H groups in total. The Bertz CT molecular complexity index is 352. The Kier molecular flexibility index (Phi) is 2.73. The highest BCUT2D eigenvalue weighted by Gasteiger charge is 2.25. The van der Waals surface area contributed by atoms with E-state index in [-0.39, 0.29) is 17.7 Å². The zero-order chi connectivity index (χ0) is 10.8. The van der Waals surface area contributed by atoms with Crippen molar-refractivity contribution in [2.24, 2.45) is 0 Å². The summed E-state index contributed by atoms with van der Waals surface area (Å²) in [6.45, 7) is 0. The molecule has 1 aromatic heterocycles. The molecule has 1 aliphatic rings. The number of hydrogen-bond acceptors (Lipinski definition) is 4. The van der Waals surface area contributed by atoms with Crippen LogP contribution < -0.4 is 0 Å². The van der Waals surface area contributed by atoms with Gasteiger partial charge in [0.1, 0.15) is 6.26 Å². The smallest absolute Gasteiger partial charge is 0.357 e. The Hall–Kier alpha value is -1.36. The zero-order valence-corrected chi connectivity index (χ0v) is 8.22. The normalized spacial score (nSPS) is 26.5. The minimum absolute atomic E-state index is 0.0453. The van der Waals surface area contributed by atoms with Crippen LogP contribution in [-0.4, -0.2) is 27.3 Å². The lowest BCUT2D eigenvalue weighted by Crippen LogP contribution is -2.17. The third-order valence-corrected chi connectivity index (χ3v) is 2.79. The van der Waals surface area contributed by atoms with E-state index in [9.17, 15) is 9.90 Å². The van der Waals surface area contributed by atoms with Crippen LogP contribution in [0.15, 0.2) is 10.7 Å². The van der Waals surface area contributed by atoms with E-state index in [0.29, 0.717) is 5.89 Å². The van der Waals surface area contributed by atoms with Crippen LogP contribution in [0.5, 0.6) is 0 Å². The third-order valence-electron chi connectivity index (χ3n) is 2.79. The van der Waals surface area contributed by atoms with E-state index in [0.717, 1.165) is 25.7 Å². The first kappa shape index (κ1) is 10.2. The first-order chi connectivity index (χ1) is 7.16. The number of hydrogen-bond donors (Lipinski definition) is 2. The van der Waals surface area contributed by atoms with Crippen LogP contribution in [0.1, 0.15) is 48.0 Å². The Labute approximate surface area is 86.7 Å². The Balaban J connectivity index is 2.06. The van der Waals surface area contributed by atoms with Crippen molar-refractivity contribution in [2.75, 3.05) is 0 Å². The average molecular weight is 211 g/mol. The molecule has 2 rings (SSSR count). The number of aromatic carboxylic acids is 1. The Morgan fingerprint density at radius 2 is 2.07 bits per heavy atom. The maximum absolute atomic E-state index is 10.6. The van der Waals surface area contributed by atoms with Gasteiger partial charge in [0.05, 0.1) is 6.10 Å². The van der Waals surface area contributed by atoms with Crippen LogP contribution >= 0.6 is 0 Å². The van der Waals surface area contributed by atoms with Crippen LogP contribution in [-0.2, 0) is 0 Å². The summed E-state index contributed by atoms with van der Waals surface area (Å²) >= 11 is 0.